The number of rotatable bonds is 5. The van der Waals surface area contributed by atoms with Crippen molar-refractivity contribution in [1.29, 1.82) is 0 Å². The van der Waals surface area contributed by atoms with Crippen molar-refractivity contribution in [2.24, 2.45) is 0 Å². The molecule has 0 amide bonds. The lowest BCUT2D eigenvalue weighted by molar-refractivity contribution is 0.195. The van der Waals surface area contributed by atoms with E-state index in [1.807, 2.05) is 17.8 Å². The molecule has 0 bridgehead atoms. The molecule has 0 aromatic heterocycles. The van der Waals surface area contributed by atoms with Crippen LogP contribution in [0.3, 0.4) is 0 Å². The maximum Gasteiger partial charge on any atom is 0.0668 e. The van der Waals surface area contributed by atoms with E-state index in [0.717, 1.165) is 25.4 Å². The van der Waals surface area contributed by atoms with Crippen LogP contribution >= 0.6 is 11.8 Å². The number of benzene rings is 1. The van der Waals surface area contributed by atoms with Gasteiger partial charge >= 0.3 is 0 Å². The minimum absolute atomic E-state index is 0.463. The highest BCUT2D eigenvalue weighted by Gasteiger charge is 2.16. The summed E-state index contributed by atoms with van der Waals surface area (Å²) in [5.74, 6) is 0.944. The maximum atomic E-state index is 5.36. The van der Waals surface area contributed by atoms with E-state index in [4.69, 9.17) is 4.74 Å². The van der Waals surface area contributed by atoms with E-state index in [0.29, 0.717) is 6.04 Å². The summed E-state index contributed by atoms with van der Waals surface area (Å²) in [5, 5.41) is 3.54. The number of hydrogen-bond acceptors (Lipinski definition) is 3. The van der Waals surface area contributed by atoms with Gasteiger partial charge in [0.1, 0.15) is 0 Å². The van der Waals surface area contributed by atoms with E-state index in [9.17, 15) is 0 Å². The van der Waals surface area contributed by atoms with Gasteiger partial charge in [0.05, 0.1) is 12.6 Å². The van der Waals surface area contributed by atoms with Crippen LogP contribution in [0.25, 0.3) is 0 Å². The van der Waals surface area contributed by atoms with Crippen LogP contribution in [0.15, 0.2) is 41.8 Å². The molecule has 1 aliphatic rings. The Morgan fingerprint density at radius 1 is 1.50 bits per heavy atom. The molecular weight excluding hydrogens is 218 g/mol. The van der Waals surface area contributed by atoms with Crippen LogP contribution in [0, 0.1) is 0 Å². The zero-order valence-electron chi connectivity index (χ0n) is 9.32. The molecule has 1 unspecified atom stereocenters. The van der Waals surface area contributed by atoms with Gasteiger partial charge in [0.2, 0.25) is 0 Å². The van der Waals surface area contributed by atoms with E-state index >= 15 is 0 Å². The number of para-hydroxylation sites is 1. The predicted molar refractivity (Wildman–Crippen MR) is 70.2 cm³/mol. The molecule has 86 valence electrons. The smallest absolute Gasteiger partial charge is 0.0668 e. The highest BCUT2D eigenvalue weighted by molar-refractivity contribution is 7.99. The third kappa shape index (κ3) is 3.03. The Bertz CT molecular complexity index is 348. The summed E-state index contributed by atoms with van der Waals surface area (Å²) in [7, 11) is 0. The van der Waals surface area contributed by atoms with E-state index in [-0.39, 0.29) is 0 Å². The molecule has 0 spiro atoms. The van der Waals surface area contributed by atoms with Crippen LogP contribution in [0.1, 0.15) is 6.42 Å². The average molecular weight is 235 g/mol. The van der Waals surface area contributed by atoms with Gasteiger partial charge in [-0.15, -0.1) is 18.3 Å². The van der Waals surface area contributed by atoms with Crippen LogP contribution in [0.4, 0.5) is 5.69 Å². The van der Waals surface area contributed by atoms with E-state index in [1.54, 1.807) is 0 Å². The molecule has 2 nitrogen and oxygen atoms in total. The normalized spacial score (nSPS) is 19.6. The molecule has 16 heavy (non-hydrogen) atoms. The standard InChI is InChI=1S/C13H17NOS/c1-2-9-16-13-6-4-3-5-12(13)14-11-7-8-15-10-11/h2-6,11,14H,1,7-10H2. The Balaban J connectivity index is 2.02. The Labute approximate surface area is 101 Å². The van der Waals surface area contributed by atoms with Gasteiger partial charge in [0.25, 0.3) is 0 Å². The minimum Gasteiger partial charge on any atom is -0.379 e. The number of hydrogen-bond donors (Lipinski definition) is 1. The lowest BCUT2D eigenvalue weighted by Gasteiger charge is -2.15. The van der Waals surface area contributed by atoms with Crippen molar-refractivity contribution in [2.75, 3.05) is 24.3 Å². The molecule has 0 aliphatic carbocycles. The molecule has 1 atom stereocenters. The maximum absolute atomic E-state index is 5.36. The van der Waals surface area contributed by atoms with Gasteiger partial charge in [-0.3, -0.25) is 0 Å². The number of ether oxygens (including phenoxy) is 1. The molecule has 1 heterocycles. The van der Waals surface area contributed by atoms with Crippen molar-refractivity contribution in [3.05, 3.63) is 36.9 Å². The summed E-state index contributed by atoms with van der Waals surface area (Å²) >= 11 is 1.81. The topological polar surface area (TPSA) is 21.3 Å². The Hall–Kier alpha value is -0.930. The first kappa shape index (κ1) is 11.6. The number of anilines is 1. The zero-order chi connectivity index (χ0) is 11.2. The van der Waals surface area contributed by atoms with Crippen molar-refractivity contribution in [3.63, 3.8) is 0 Å². The summed E-state index contributed by atoms with van der Waals surface area (Å²) in [6, 6.07) is 8.87. The number of nitrogens with one attached hydrogen (secondary N) is 1. The third-order valence-corrected chi connectivity index (χ3v) is 3.60. The van der Waals surface area contributed by atoms with Gasteiger partial charge in [-0.1, -0.05) is 18.2 Å². The molecule has 1 aliphatic heterocycles. The molecule has 1 N–H and O–H groups in total. The first-order valence-corrected chi connectivity index (χ1v) is 6.55. The fourth-order valence-corrected chi connectivity index (χ4v) is 2.48. The quantitative estimate of drug-likeness (QED) is 0.625. The molecule has 1 fully saturated rings. The van der Waals surface area contributed by atoms with E-state index in [2.05, 4.69) is 36.2 Å². The van der Waals surface area contributed by atoms with Crippen molar-refractivity contribution >= 4 is 17.4 Å². The first-order valence-electron chi connectivity index (χ1n) is 5.57. The zero-order valence-corrected chi connectivity index (χ0v) is 10.1. The highest BCUT2D eigenvalue weighted by Crippen LogP contribution is 2.28. The van der Waals surface area contributed by atoms with Crippen molar-refractivity contribution in [2.45, 2.75) is 17.4 Å². The Morgan fingerprint density at radius 3 is 3.12 bits per heavy atom. The molecular formula is C13H17NOS. The highest BCUT2D eigenvalue weighted by atomic mass is 32.2. The Morgan fingerprint density at radius 2 is 2.38 bits per heavy atom. The van der Waals surface area contributed by atoms with Crippen LogP contribution < -0.4 is 5.32 Å². The first-order chi connectivity index (χ1) is 7.90. The summed E-state index contributed by atoms with van der Waals surface area (Å²) in [4.78, 5) is 1.29. The van der Waals surface area contributed by atoms with Gasteiger partial charge < -0.3 is 10.1 Å². The van der Waals surface area contributed by atoms with Crippen molar-refractivity contribution < 1.29 is 4.74 Å². The van der Waals surface area contributed by atoms with Gasteiger partial charge in [-0.25, -0.2) is 0 Å². The average Bonchev–Trinajstić information content (AvgIpc) is 2.81. The predicted octanol–water partition coefficient (Wildman–Crippen LogP) is 3.17. The molecule has 1 aromatic carbocycles. The lowest BCUT2D eigenvalue weighted by atomic mass is 10.2. The summed E-state index contributed by atoms with van der Waals surface area (Å²) < 4.78 is 5.36. The second-order valence-electron chi connectivity index (χ2n) is 3.80. The van der Waals surface area contributed by atoms with Crippen LogP contribution in [0.2, 0.25) is 0 Å². The Kier molecular flexibility index (Phi) is 4.31. The summed E-state index contributed by atoms with van der Waals surface area (Å²) in [6.07, 6.45) is 3.03. The second-order valence-corrected chi connectivity index (χ2v) is 4.86. The monoisotopic (exact) mass is 235 g/mol. The molecule has 2 rings (SSSR count). The largest absolute Gasteiger partial charge is 0.379 e. The fraction of sp³-hybridized carbons (Fsp3) is 0.385. The van der Waals surface area contributed by atoms with Gasteiger partial charge in [0, 0.05) is 22.9 Å². The fourth-order valence-electron chi connectivity index (χ4n) is 1.73. The minimum atomic E-state index is 0.463. The van der Waals surface area contributed by atoms with Crippen molar-refractivity contribution in [3.8, 4) is 0 Å². The van der Waals surface area contributed by atoms with Gasteiger partial charge in [-0.05, 0) is 18.6 Å². The third-order valence-electron chi connectivity index (χ3n) is 2.53. The molecule has 3 heteroatoms. The second kappa shape index (κ2) is 5.97. The van der Waals surface area contributed by atoms with Gasteiger partial charge in [-0.2, -0.15) is 0 Å². The molecule has 0 radical (unpaired) electrons. The number of thioether (sulfide) groups is 1. The van der Waals surface area contributed by atoms with Crippen LogP contribution in [-0.4, -0.2) is 25.0 Å². The molecule has 1 saturated heterocycles. The molecule has 0 saturated carbocycles. The van der Waals surface area contributed by atoms with Crippen LogP contribution in [-0.2, 0) is 4.74 Å². The molecule has 1 aromatic rings. The van der Waals surface area contributed by atoms with Crippen LogP contribution in [0.5, 0.6) is 0 Å². The SMILES string of the molecule is C=CCSc1ccccc1NC1CCOC1. The van der Waals surface area contributed by atoms with E-state index < -0.39 is 0 Å². The lowest BCUT2D eigenvalue weighted by Crippen LogP contribution is -2.19. The van der Waals surface area contributed by atoms with Crippen molar-refractivity contribution in [1.82, 2.24) is 0 Å². The summed E-state index contributed by atoms with van der Waals surface area (Å²) in [5.41, 5.74) is 1.21. The van der Waals surface area contributed by atoms with E-state index in [1.165, 1.54) is 10.6 Å². The summed E-state index contributed by atoms with van der Waals surface area (Å²) in [6.45, 7) is 5.44. The van der Waals surface area contributed by atoms with Gasteiger partial charge in [0.15, 0.2) is 0 Å².